The molecule has 2 nitrogen and oxygen atoms in total. The van der Waals surface area contributed by atoms with Crippen LogP contribution in [0, 0.1) is 5.92 Å². The minimum atomic E-state index is 0.318. The maximum atomic E-state index is 8.78. The largest absolute Gasteiger partial charge is 0.396 e. The average molecular weight is 203 g/mol. The van der Waals surface area contributed by atoms with E-state index in [-0.39, 0.29) is 0 Å². The van der Waals surface area contributed by atoms with Crippen LogP contribution in [0.5, 0.6) is 0 Å². The normalized spacial score (nSPS) is 29.1. The Morgan fingerprint density at radius 2 is 2.15 bits per heavy atom. The molecule has 0 aromatic rings. The van der Waals surface area contributed by atoms with E-state index >= 15 is 0 Å². The Labute approximate surface area is 86.5 Å². The molecule has 0 aromatic carbocycles. The molecule has 0 radical (unpaired) electrons. The molecule has 2 N–H and O–H groups in total. The molecule has 0 amide bonds. The van der Waals surface area contributed by atoms with Gasteiger partial charge in [0.1, 0.15) is 0 Å². The molecule has 1 aliphatic rings. The highest BCUT2D eigenvalue weighted by molar-refractivity contribution is 7.80. The molecule has 78 valence electrons. The van der Waals surface area contributed by atoms with Gasteiger partial charge in [-0.15, -0.1) is 0 Å². The van der Waals surface area contributed by atoms with Gasteiger partial charge in [-0.1, -0.05) is 0 Å². The molecule has 1 saturated heterocycles. The van der Waals surface area contributed by atoms with E-state index in [9.17, 15) is 0 Å². The van der Waals surface area contributed by atoms with Gasteiger partial charge >= 0.3 is 0 Å². The zero-order valence-electron chi connectivity index (χ0n) is 8.21. The molecule has 1 aliphatic heterocycles. The van der Waals surface area contributed by atoms with Crippen LogP contribution in [0.25, 0.3) is 0 Å². The third-order valence-corrected chi connectivity index (χ3v) is 3.18. The molecule has 3 heteroatoms. The minimum Gasteiger partial charge on any atom is -0.396 e. The smallest absolute Gasteiger partial charge is 0.0445 e. The molecular formula is C10H21NOS. The summed E-state index contributed by atoms with van der Waals surface area (Å²) in [6.45, 7) is 1.46. The summed E-state index contributed by atoms with van der Waals surface area (Å²) in [5, 5.41) is 12.3. The van der Waals surface area contributed by atoms with Crippen molar-refractivity contribution in [2.24, 2.45) is 5.92 Å². The van der Waals surface area contributed by atoms with Crippen LogP contribution in [0.15, 0.2) is 0 Å². The molecule has 0 aliphatic carbocycles. The van der Waals surface area contributed by atoms with Crippen molar-refractivity contribution in [3.8, 4) is 0 Å². The van der Waals surface area contributed by atoms with Crippen LogP contribution in [0.1, 0.15) is 32.1 Å². The van der Waals surface area contributed by atoms with E-state index in [2.05, 4.69) is 17.9 Å². The lowest BCUT2D eigenvalue weighted by Gasteiger charge is -2.29. The molecule has 0 aromatic heterocycles. The number of thiol groups is 1. The maximum Gasteiger partial charge on any atom is 0.0445 e. The van der Waals surface area contributed by atoms with Gasteiger partial charge in [-0.25, -0.2) is 0 Å². The van der Waals surface area contributed by atoms with E-state index in [1.165, 1.54) is 25.7 Å². The Morgan fingerprint density at radius 1 is 1.31 bits per heavy atom. The lowest BCUT2D eigenvalue weighted by atomic mass is 9.90. The highest BCUT2D eigenvalue weighted by Crippen LogP contribution is 2.20. The summed E-state index contributed by atoms with van der Waals surface area (Å²) in [4.78, 5) is 0. The third-order valence-electron chi connectivity index (χ3n) is 2.87. The van der Waals surface area contributed by atoms with Crippen LogP contribution in [0.3, 0.4) is 0 Å². The van der Waals surface area contributed by atoms with Crippen LogP contribution < -0.4 is 5.32 Å². The first-order valence-corrected chi connectivity index (χ1v) is 5.95. The van der Waals surface area contributed by atoms with Crippen molar-refractivity contribution in [3.63, 3.8) is 0 Å². The number of aliphatic hydroxyl groups excluding tert-OH is 1. The summed E-state index contributed by atoms with van der Waals surface area (Å²) in [5.74, 6) is 1.86. The second kappa shape index (κ2) is 6.68. The van der Waals surface area contributed by atoms with Crippen LogP contribution in [0.2, 0.25) is 0 Å². The quantitative estimate of drug-likeness (QED) is 0.591. The number of piperidine rings is 1. The molecule has 0 saturated carbocycles. The summed E-state index contributed by atoms with van der Waals surface area (Å²) in [7, 11) is 0. The van der Waals surface area contributed by atoms with E-state index in [4.69, 9.17) is 5.11 Å². The Kier molecular flexibility index (Phi) is 5.83. The fourth-order valence-electron chi connectivity index (χ4n) is 2.00. The zero-order valence-corrected chi connectivity index (χ0v) is 9.10. The van der Waals surface area contributed by atoms with Gasteiger partial charge in [-0.2, -0.15) is 12.6 Å². The van der Waals surface area contributed by atoms with Crippen LogP contribution in [0.4, 0.5) is 0 Å². The number of rotatable bonds is 5. The van der Waals surface area contributed by atoms with Crippen molar-refractivity contribution in [1.29, 1.82) is 0 Å². The van der Waals surface area contributed by atoms with E-state index in [1.807, 2.05) is 0 Å². The molecule has 0 bridgehead atoms. The molecule has 13 heavy (non-hydrogen) atoms. The highest BCUT2D eigenvalue weighted by Gasteiger charge is 2.19. The van der Waals surface area contributed by atoms with Crippen molar-refractivity contribution in [3.05, 3.63) is 0 Å². The predicted molar refractivity (Wildman–Crippen MR) is 59.3 cm³/mol. The molecule has 1 heterocycles. The van der Waals surface area contributed by atoms with Gasteiger partial charge in [0.05, 0.1) is 0 Å². The Balaban J connectivity index is 2.08. The third kappa shape index (κ3) is 4.34. The Bertz CT molecular complexity index is 124. The van der Waals surface area contributed by atoms with Gasteiger partial charge in [0, 0.05) is 12.6 Å². The second-order valence-electron chi connectivity index (χ2n) is 3.93. The first-order valence-electron chi connectivity index (χ1n) is 5.32. The van der Waals surface area contributed by atoms with Crippen molar-refractivity contribution >= 4 is 12.6 Å². The summed E-state index contributed by atoms with van der Waals surface area (Å²) < 4.78 is 0. The van der Waals surface area contributed by atoms with Crippen LogP contribution >= 0.6 is 12.6 Å². The van der Waals surface area contributed by atoms with E-state index in [0.717, 1.165) is 24.6 Å². The summed E-state index contributed by atoms with van der Waals surface area (Å²) in [6, 6.07) is 0.567. The SMILES string of the molecule is OCCC1CCC(CCCS)CN1. The summed E-state index contributed by atoms with van der Waals surface area (Å²) >= 11 is 4.22. The Hall–Kier alpha value is 0.270. The lowest BCUT2D eigenvalue weighted by Crippen LogP contribution is -2.39. The highest BCUT2D eigenvalue weighted by atomic mass is 32.1. The number of hydrogen-bond donors (Lipinski definition) is 3. The zero-order chi connectivity index (χ0) is 9.52. The fraction of sp³-hybridized carbons (Fsp3) is 1.00. The van der Waals surface area contributed by atoms with E-state index in [1.54, 1.807) is 0 Å². The monoisotopic (exact) mass is 203 g/mol. The first kappa shape index (κ1) is 11.3. The van der Waals surface area contributed by atoms with Gasteiger partial charge in [0.15, 0.2) is 0 Å². The van der Waals surface area contributed by atoms with Crippen molar-refractivity contribution in [2.45, 2.75) is 38.1 Å². The molecule has 2 unspecified atom stereocenters. The molecule has 1 fully saturated rings. The standard InChI is InChI=1S/C10H21NOS/c12-6-5-10-4-3-9(8-11-10)2-1-7-13/h9-13H,1-8H2. The van der Waals surface area contributed by atoms with Gasteiger partial charge in [0.2, 0.25) is 0 Å². The lowest BCUT2D eigenvalue weighted by molar-refractivity contribution is 0.227. The van der Waals surface area contributed by atoms with Crippen LogP contribution in [-0.4, -0.2) is 30.1 Å². The fourth-order valence-corrected chi connectivity index (χ4v) is 2.19. The molecule has 1 rings (SSSR count). The average Bonchev–Trinajstić information content (AvgIpc) is 2.17. The van der Waals surface area contributed by atoms with Gasteiger partial charge in [-0.05, 0) is 50.3 Å². The first-order chi connectivity index (χ1) is 6.36. The van der Waals surface area contributed by atoms with Crippen LogP contribution in [-0.2, 0) is 0 Å². The maximum absolute atomic E-state index is 8.78. The topological polar surface area (TPSA) is 32.3 Å². The van der Waals surface area contributed by atoms with Gasteiger partial charge in [0.25, 0.3) is 0 Å². The van der Waals surface area contributed by atoms with Gasteiger partial charge in [-0.3, -0.25) is 0 Å². The van der Waals surface area contributed by atoms with E-state index < -0.39 is 0 Å². The molecule has 0 spiro atoms. The predicted octanol–water partition coefficient (Wildman–Crippen LogP) is 1.45. The number of aliphatic hydroxyl groups is 1. The number of hydrogen-bond acceptors (Lipinski definition) is 3. The van der Waals surface area contributed by atoms with Gasteiger partial charge < -0.3 is 10.4 Å². The molecule has 2 atom stereocenters. The van der Waals surface area contributed by atoms with Crippen molar-refractivity contribution < 1.29 is 5.11 Å². The van der Waals surface area contributed by atoms with E-state index in [0.29, 0.717) is 12.6 Å². The number of nitrogens with one attached hydrogen (secondary N) is 1. The summed E-state index contributed by atoms with van der Waals surface area (Å²) in [6.07, 6.45) is 6.02. The van der Waals surface area contributed by atoms with Crippen molar-refractivity contribution in [1.82, 2.24) is 5.32 Å². The minimum absolute atomic E-state index is 0.318. The Morgan fingerprint density at radius 3 is 2.69 bits per heavy atom. The summed E-state index contributed by atoms with van der Waals surface area (Å²) in [5.41, 5.74) is 0. The second-order valence-corrected chi connectivity index (χ2v) is 4.37. The van der Waals surface area contributed by atoms with Crippen molar-refractivity contribution in [2.75, 3.05) is 18.9 Å². The molecular weight excluding hydrogens is 182 g/mol.